The van der Waals surface area contributed by atoms with Crippen molar-refractivity contribution in [3.8, 4) is 11.1 Å². The summed E-state index contributed by atoms with van der Waals surface area (Å²) in [5, 5.41) is 11.6. The largest absolute Gasteiger partial charge is 0.480 e. The van der Waals surface area contributed by atoms with Crippen LogP contribution in [-0.4, -0.2) is 35.4 Å². The average Bonchev–Trinajstić information content (AvgIpc) is 2.80. The van der Waals surface area contributed by atoms with Crippen molar-refractivity contribution in [1.29, 1.82) is 0 Å². The maximum atomic E-state index is 12.5. The van der Waals surface area contributed by atoms with Gasteiger partial charge in [-0.25, -0.2) is 9.59 Å². The van der Waals surface area contributed by atoms with Crippen LogP contribution in [0.2, 0.25) is 0 Å². The molecule has 0 aliphatic heterocycles. The summed E-state index contributed by atoms with van der Waals surface area (Å²) < 4.78 is 10.5. The van der Waals surface area contributed by atoms with Crippen molar-refractivity contribution >= 4 is 23.4 Å². The third kappa shape index (κ3) is 7.22. The monoisotopic (exact) mass is 450 g/mol. The summed E-state index contributed by atoms with van der Waals surface area (Å²) in [4.78, 5) is 27.6. The predicted octanol–water partition coefficient (Wildman–Crippen LogP) is 3.37. The SMILES string of the molecule is Nc1ccc(-c2ccnc(C(CCOCC(=O)O)NC(=O)OCc3ccccc3)c2)c(N)c1. The summed E-state index contributed by atoms with van der Waals surface area (Å²) in [6.45, 7) is -0.211. The van der Waals surface area contributed by atoms with Crippen molar-refractivity contribution in [2.24, 2.45) is 0 Å². The number of pyridine rings is 1. The minimum absolute atomic E-state index is 0.103. The second-order valence-electron chi connectivity index (χ2n) is 7.31. The van der Waals surface area contributed by atoms with Gasteiger partial charge in [-0.3, -0.25) is 4.98 Å². The van der Waals surface area contributed by atoms with E-state index in [0.717, 1.165) is 16.7 Å². The Morgan fingerprint density at radius 2 is 1.85 bits per heavy atom. The minimum atomic E-state index is -1.07. The number of nitrogens with zero attached hydrogens (tertiary/aromatic N) is 1. The van der Waals surface area contributed by atoms with Crippen LogP contribution in [0.5, 0.6) is 0 Å². The second-order valence-corrected chi connectivity index (χ2v) is 7.31. The third-order valence-electron chi connectivity index (χ3n) is 4.81. The predicted molar refractivity (Wildman–Crippen MR) is 124 cm³/mol. The van der Waals surface area contributed by atoms with Gasteiger partial charge in [0.05, 0.1) is 11.7 Å². The van der Waals surface area contributed by atoms with E-state index in [9.17, 15) is 9.59 Å². The number of aliphatic carboxylic acids is 1. The van der Waals surface area contributed by atoms with E-state index in [2.05, 4.69) is 10.3 Å². The van der Waals surface area contributed by atoms with Gasteiger partial charge in [0.2, 0.25) is 0 Å². The van der Waals surface area contributed by atoms with Gasteiger partial charge in [0, 0.05) is 29.7 Å². The molecule has 9 nitrogen and oxygen atoms in total. The molecule has 0 radical (unpaired) electrons. The van der Waals surface area contributed by atoms with Gasteiger partial charge in [0.15, 0.2) is 0 Å². The van der Waals surface area contributed by atoms with Gasteiger partial charge in [-0.2, -0.15) is 0 Å². The Morgan fingerprint density at radius 1 is 1.06 bits per heavy atom. The topological polar surface area (TPSA) is 150 Å². The van der Waals surface area contributed by atoms with Crippen LogP contribution in [0, 0.1) is 0 Å². The molecule has 2 aromatic carbocycles. The number of carbonyl (C=O) groups excluding carboxylic acids is 1. The molecule has 3 aromatic rings. The molecule has 6 N–H and O–H groups in total. The zero-order valence-corrected chi connectivity index (χ0v) is 17.9. The molecule has 1 heterocycles. The van der Waals surface area contributed by atoms with E-state index in [1.54, 1.807) is 30.5 Å². The molecule has 3 rings (SSSR count). The summed E-state index contributed by atoms with van der Waals surface area (Å²) in [5.74, 6) is -1.07. The van der Waals surface area contributed by atoms with Crippen LogP contribution in [-0.2, 0) is 20.9 Å². The Kier molecular flexibility index (Phi) is 8.20. The highest BCUT2D eigenvalue weighted by Crippen LogP contribution is 2.29. The molecule has 0 saturated carbocycles. The van der Waals surface area contributed by atoms with Gasteiger partial charge in [0.25, 0.3) is 0 Å². The normalized spacial score (nSPS) is 11.5. The Balaban J connectivity index is 1.75. The average molecular weight is 450 g/mol. The van der Waals surface area contributed by atoms with E-state index >= 15 is 0 Å². The van der Waals surface area contributed by atoms with Crippen molar-refractivity contribution in [3.05, 3.63) is 78.1 Å². The van der Waals surface area contributed by atoms with Crippen LogP contribution < -0.4 is 16.8 Å². The zero-order valence-electron chi connectivity index (χ0n) is 17.9. The molecule has 0 spiro atoms. The lowest BCUT2D eigenvalue weighted by atomic mass is 10.0. The van der Waals surface area contributed by atoms with Gasteiger partial charge in [0.1, 0.15) is 13.2 Å². The van der Waals surface area contributed by atoms with Crippen molar-refractivity contribution in [2.75, 3.05) is 24.7 Å². The second kappa shape index (κ2) is 11.5. The summed E-state index contributed by atoms with van der Waals surface area (Å²) >= 11 is 0. The Bertz CT molecular complexity index is 1090. The van der Waals surface area contributed by atoms with E-state index in [4.69, 9.17) is 26.0 Å². The van der Waals surface area contributed by atoms with E-state index < -0.39 is 24.7 Å². The molecule has 9 heteroatoms. The molecule has 0 saturated heterocycles. The first kappa shape index (κ1) is 23.6. The number of hydrogen-bond donors (Lipinski definition) is 4. The number of hydrogen-bond acceptors (Lipinski definition) is 7. The number of anilines is 2. The van der Waals surface area contributed by atoms with Crippen LogP contribution in [0.1, 0.15) is 23.7 Å². The van der Waals surface area contributed by atoms with Crippen molar-refractivity contribution in [1.82, 2.24) is 10.3 Å². The highest BCUT2D eigenvalue weighted by atomic mass is 16.5. The standard InChI is InChI=1S/C24H26N4O5/c25-18-6-7-19(20(26)13-18)17-8-10-27-22(12-17)21(9-11-32-15-23(29)30)28-24(31)33-14-16-4-2-1-3-5-16/h1-8,10,12-13,21H,9,11,14-15,25-26H2,(H,28,31)(H,29,30). The lowest BCUT2D eigenvalue weighted by Gasteiger charge is -2.19. The molecule has 33 heavy (non-hydrogen) atoms. The van der Waals surface area contributed by atoms with Crippen LogP contribution in [0.15, 0.2) is 66.9 Å². The number of carbonyl (C=O) groups is 2. The van der Waals surface area contributed by atoms with Crippen molar-refractivity contribution in [3.63, 3.8) is 0 Å². The first-order chi connectivity index (χ1) is 15.9. The number of benzene rings is 2. The Labute approximate surface area is 191 Å². The van der Waals surface area contributed by atoms with Crippen LogP contribution >= 0.6 is 0 Å². The van der Waals surface area contributed by atoms with Crippen LogP contribution in [0.25, 0.3) is 11.1 Å². The molecule has 0 aliphatic rings. The van der Waals surface area contributed by atoms with Crippen molar-refractivity contribution in [2.45, 2.75) is 19.1 Å². The molecule has 1 amide bonds. The lowest BCUT2D eigenvalue weighted by molar-refractivity contribution is -0.142. The first-order valence-electron chi connectivity index (χ1n) is 10.3. The van der Waals surface area contributed by atoms with Gasteiger partial charge < -0.3 is 31.4 Å². The number of aromatic nitrogens is 1. The maximum absolute atomic E-state index is 12.5. The van der Waals surface area contributed by atoms with Crippen LogP contribution in [0.3, 0.4) is 0 Å². The number of rotatable bonds is 10. The van der Waals surface area contributed by atoms with Gasteiger partial charge in [-0.1, -0.05) is 36.4 Å². The molecular weight excluding hydrogens is 424 g/mol. The van der Waals surface area contributed by atoms with Gasteiger partial charge >= 0.3 is 12.1 Å². The Morgan fingerprint density at radius 3 is 2.58 bits per heavy atom. The van der Waals surface area contributed by atoms with Gasteiger partial charge in [-0.05, 0) is 41.8 Å². The highest BCUT2D eigenvalue weighted by Gasteiger charge is 2.18. The molecule has 0 bridgehead atoms. The fourth-order valence-corrected chi connectivity index (χ4v) is 3.21. The minimum Gasteiger partial charge on any atom is -0.480 e. The fraction of sp³-hybridized carbons (Fsp3) is 0.208. The van der Waals surface area contributed by atoms with Crippen molar-refractivity contribution < 1.29 is 24.2 Å². The number of nitrogens with one attached hydrogen (secondary N) is 1. The number of carboxylic acid groups (broad SMARTS) is 1. The number of ether oxygens (including phenoxy) is 2. The summed E-state index contributed by atoms with van der Waals surface area (Å²) in [5.41, 5.74) is 16.0. The zero-order chi connectivity index (χ0) is 23.6. The number of alkyl carbamates (subject to hydrolysis) is 1. The molecule has 1 unspecified atom stereocenters. The highest BCUT2D eigenvalue weighted by molar-refractivity contribution is 5.79. The van der Waals surface area contributed by atoms with E-state index in [0.29, 0.717) is 23.5 Å². The molecular formula is C24H26N4O5. The van der Waals surface area contributed by atoms with E-state index in [1.807, 2.05) is 36.4 Å². The smallest absolute Gasteiger partial charge is 0.408 e. The fourth-order valence-electron chi connectivity index (χ4n) is 3.21. The summed E-state index contributed by atoms with van der Waals surface area (Å²) in [6, 6.07) is 17.6. The first-order valence-corrected chi connectivity index (χ1v) is 10.3. The maximum Gasteiger partial charge on any atom is 0.408 e. The number of carboxylic acids is 1. The number of nitrogens with two attached hydrogens (primary N) is 2. The summed E-state index contributed by atoms with van der Waals surface area (Å²) in [6.07, 6.45) is 1.28. The molecule has 0 fully saturated rings. The molecule has 1 aromatic heterocycles. The third-order valence-corrected chi connectivity index (χ3v) is 4.81. The molecule has 0 aliphatic carbocycles. The van der Waals surface area contributed by atoms with Gasteiger partial charge in [-0.15, -0.1) is 0 Å². The molecule has 1 atom stereocenters. The Hall–Kier alpha value is -4.11. The quantitative estimate of drug-likeness (QED) is 0.271. The number of nitrogen functional groups attached to an aromatic ring is 2. The number of amides is 1. The molecule has 172 valence electrons. The van der Waals surface area contributed by atoms with E-state index in [1.165, 1.54) is 0 Å². The lowest BCUT2D eigenvalue weighted by Crippen LogP contribution is -2.30. The summed E-state index contributed by atoms with van der Waals surface area (Å²) in [7, 11) is 0. The van der Waals surface area contributed by atoms with E-state index in [-0.39, 0.29) is 13.2 Å². The van der Waals surface area contributed by atoms with Crippen LogP contribution in [0.4, 0.5) is 16.2 Å².